The van der Waals surface area contributed by atoms with Gasteiger partial charge in [0.05, 0.1) is 17.9 Å². The van der Waals surface area contributed by atoms with E-state index in [2.05, 4.69) is 21.4 Å². The molecule has 0 N–H and O–H groups in total. The topological polar surface area (TPSA) is 38.2 Å². The molecule has 0 saturated carbocycles. The van der Waals surface area contributed by atoms with Gasteiger partial charge in [0.15, 0.2) is 0 Å². The van der Waals surface area contributed by atoms with Gasteiger partial charge in [-0.2, -0.15) is 0 Å². The lowest BCUT2D eigenvalue weighted by Gasteiger charge is -2.39. The van der Waals surface area contributed by atoms with Gasteiger partial charge in [-0.3, -0.25) is 4.90 Å². The molecule has 2 fully saturated rings. The number of piperidine rings is 1. The van der Waals surface area contributed by atoms with Crippen molar-refractivity contribution in [3.05, 3.63) is 11.1 Å². The van der Waals surface area contributed by atoms with Crippen molar-refractivity contribution in [2.24, 2.45) is 5.92 Å². The first-order valence-electron chi connectivity index (χ1n) is 6.38. The minimum absolute atomic E-state index is 0.140. The van der Waals surface area contributed by atoms with Crippen LogP contribution in [0.4, 0.5) is 0 Å². The van der Waals surface area contributed by atoms with Gasteiger partial charge in [-0.1, -0.05) is 11.4 Å². The van der Waals surface area contributed by atoms with E-state index in [1.807, 2.05) is 5.38 Å². The fourth-order valence-electron chi connectivity index (χ4n) is 3.16. The molecule has 94 valence electrons. The molecule has 2 aliphatic rings. The highest BCUT2D eigenvalue weighted by atomic mass is 32.1. The van der Waals surface area contributed by atoms with E-state index in [4.69, 9.17) is 4.74 Å². The summed E-state index contributed by atoms with van der Waals surface area (Å²) in [4.78, 5) is 2.47. The fourth-order valence-corrected chi connectivity index (χ4v) is 3.61. The highest BCUT2D eigenvalue weighted by molar-refractivity contribution is 7.03. The zero-order chi connectivity index (χ0) is 11.7. The van der Waals surface area contributed by atoms with Gasteiger partial charge in [0.1, 0.15) is 0 Å². The molecule has 1 aromatic rings. The van der Waals surface area contributed by atoms with Gasteiger partial charge in [0, 0.05) is 18.5 Å². The third kappa shape index (κ3) is 2.51. The zero-order valence-electron chi connectivity index (χ0n) is 10.3. The van der Waals surface area contributed by atoms with Crippen molar-refractivity contribution in [3.63, 3.8) is 0 Å². The van der Waals surface area contributed by atoms with Crippen molar-refractivity contribution < 1.29 is 4.74 Å². The number of nitrogens with zero attached hydrogens (tertiary/aromatic N) is 3. The largest absolute Gasteiger partial charge is 0.373 e. The maximum Gasteiger partial charge on any atom is 0.0895 e. The molecule has 0 aliphatic carbocycles. The molecule has 3 heterocycles. The third-order valence-electron chi connectivity index (χ3n) is 3.80. The lowest BCUT2D eigenvalue weighted by molar-refractivity contribution is -0.0537. The molecule has 2 aliphatic heterocycles. The molecule has 1 spiro atoms. The van der Waals surface area contributed by atoms with Crippen LogP contribution in [0.1, 0.15) is 31.9 Å². The summed E-state index contributed by atoms with van der Waals surface area (Å²) in [6.45, 7) is 6.38. The molecule has 5 heteroatoms. The minimum Gasteiger partial charge on any atom is -0.373 e. The first-order valence-corrected chi connectivity index (χ1v) is 7.22. The molecule has 3 rings (SSSR count). The standard InChI is InChI=1S/C12H19N3OS/c1-10-5-12(16-7-10)3-2-4-15(9-12)6-11-8-17-14-13-11/h8,10H,2-7,9H2,1H3/t10-,12-/m1/s1. The predicted molar refractivity (Wildman–Crippen MR) is 66.9 cm³/mol. The summed E-state index contributed by atoms with van der Waals surface area (Å²) in [6.07, 6.45) is 3.69. The van der Waals surface area contributed by atoms with Crippen LogP contribution in [-0.2, 0) is 11.3 Å². The normalized spacial score (nSPS) is 34.5. The Kier molecular flexibility index (Phi) is 3.15. The second-order valence-electron chi connectivity index (χ2n) is 5.51. The van der Waals surface area contributed by atoms with Crippen LogP contribution in [0.15, 0.2) is 5.38 Å². The lowest BCUT2D eigenvalue weighted by atomic mass is 9.87. The first-order chi connectivity index (χ1) is 8.26. The van der Waals surface area contributed by atoms with Crippen molar-refractivity contribution in [3.8, 4) is 0 Å². The van der Waals surface area contributed by atoms with Crippen LogP contribution in [0, 0.1) is 5.92 Å². The molecule has 2 atom stereocenters. The highest BCUT2D eigenvalue weighted by Gasteiger charge is 2.41. The average molecular weight is 253 g/mol. The molecule has 4 nitrogen and oxygen atoms in total. The average Bonchev–Trinajstić information content (AvgIpc) is 2.90. The summed E-state index contributed by atoms with van der Waals surface area (Å²) in [7, 11) is 0. The van der Waals surface area contributed by atoms with Crippen molar-refractivity contribution in [1.82, 2.24) is 14.5 Å². The maximum atomic E-state index is 6.07. The fraction of sp³-hybridized carbons (Fsp3) is 0.833. The van der Waals surface area contributed by atoms with Gasteiger partial charge in [0.25, 0.3) is 0 Å². The van der Waals surface area contributed by atoms with Gasteiger partial charge in [-0.25, -0.2) is 0 Å². The number of likely N-dealkylation sites (tertiary alicyclic amines) is 1. The number of ether oxygens (including phenoxy) is 1. The van der Waals surface area contributed by atoms with Crippen LogP contribution in [-0.4, -0.2) is 39.8 Å². The van der Waals surface area contributed by atoms with Gasteiger partial charge < -0.3 is 4.74 Å². The van der Waals surface area contributed by atoms with E-state index in [1.54, 1.807) is 0 Å². The Hall–Kier alpha value is -0.520. The number of aromatic nitrogens is 2. The molecule has 0 unspecified atom stereocenters. The molecule has 0 amide bonds. The van der Waals surface area contributed by atoms with Crippen molar-refractivity contribution in [1.29, 1.82) is 0 Å². The van der Waals surface area contributed by atoms with E-state index in [0.29, 0.717) is 0 Å². The van der Waals surface area contributed by atoms with Gasteiger partial charge in [-0.15, -0.1) is 5.10 Å². The maximum absolute atomic E-state index is 6.07. The SMILES string of the molecule is C[C@H]1CO[C@]2(CCCN(Cc3csnn3)C2)C1. The summed E-state index contributed by atoms with van der Waals surface area (Å²) in [5, 5.41) is 6.17. The molecule has 0 radical (unpaired) electrons. The molecule has 2 saturated heterocycles. The van der Waals surface area contributed by atoms with Crippen molar-refractivity contribution in [2.75, 3.05) is 19.7 Å². The Bertz CT molecular complexity index is 366. The van der Waals surface area contributed by atoms with Crippen LogP contribution in [0.2, 0.25) is 0 Å². The van der Waals surface area contributed by atoms with E-state index in [-0.39, 0.29) is 5.60 Å². The summed E-state index contributed by atoms with van der Waals surface area (Å²) >= 11 is 1.43. The smallest absolute Gasteiger partial charge is 0.0895 e. The minimum atomic E-state index is 0.140. The Morgan fingerprint density at radius 1 is 1.65 bits per heavy atom. The van der Waals surface area contributed by atoms with E-state index in [9.17, 15) is 0 Å². The highest BCUT2D eigenvalue weighted by Crippen LogP contribution is 2.37. The first kappa shape index (κ1) is 11.6. The second-order valence-corrected chi connectivity index (χ2v) is 6.12. The van der Waals surface area contributed by atoms with E-state index in [1.165, 1.54) is 30.8 Å². The monoisotopic (exact) mass is 253 g/mol. The Balaban J connectivity index is 1.64. The van der Waals surface area contributed by atoms with Crippen molar-refractivity contribution >= 4 is 11.5 Å². The second kappa shape index (κ2) is 4.63. The molecule has 0 aromatic carbocycles. The van der Waals surface area contributed by atoms with E-state index >= 15 is 0 Å². The van der Waals surface area contributed by atoms with Crippen LogP contribution < -0.4 is 0 Å². The summed E-state index contributed by atoms with van der Waals surface area (Å²) in [5.74, 6) is 0.718. The Labute approximate surface area is 106 Å². The zero-order valence-corrected chi connectivity index (χ0v) is 11.1. The van der Waals surface area contributed by atoms with Gasteiger partial charge >= 0.3 is 0 Å². The molecule has 1 aromatic heterocycles. The predicted octanol–water partition coefficient (Wildman–Crippen LogP) is 1.93. The van der Waals surface area contributed by atoms with E-state index < -0.39 is 0 Å². The van der Waals surface area contributed by atoms with Crippen molar-refractivity contribution in [2.45, 2.75) is 38.3 Å². The quantitative estimate of drug-likeness (QED) is 0.807. The Morgan fingerprint density at radius 3 is 3.29 bits per heavy atom. The molecule has 0 bridgehead atoms. The number of hydrogen-bond acceptors (Lipinski definition) is 5. The Morgan fingerprint density at radius 2 is 2.59 bits per heavy atom. The van der Waals surface area contributed by atoms with Crippen LogP contribution in [0.25, 0.3) is 0 Å². The summed E-state index contributed by atoms with van der Waals surface area (Å²) in [6, 6.07) is 0. The third-order valence-corrected chi connectivity index (χ3v) is 4.36. The van der Waals surface area contributed by atoms with Gasteiger partial charge in [-0.05, 0) is 43.3 Å². The lowest BCUT2D eigenvalue weighted by Crippen LogP contribution is -2.47. The molecular weight excluding hydrogens is 234 g/mol. The summed E-state index contributed by atoms with van der Waals surface area (Å²) in [5.41, 5.74) is 1.24. The van der Waals surface area contributed by atoms with Crippen LogP contribution in [0.3, 0.4) is 0 Å². The molecular formula is C12H19N3OS. The molecule has 17 heavy (non-hydrogen) atoms. The van der Waals surface area contributed by atoms with Crippen LogP contribution >= 0.6 is 11.5 Å². The van der Waals surface area contributed by atoms with Crippen LogP contribution in [0.5, 0.6) is 0 Å². The van der Waals surface area contributed by atoms with Gasteiger partial charge in [0.2, 0.25) is 0 Å². The number of hydrogen-bond donors (Lipinski definition) is 0. The number of rotatable bonds is 2. The summed E-state index contributed by atoms with van der Waals surface area (Å²) < 4.78 is 9.99. The van der Waals surface area contributed by atoms with E-state index in [0.717, 1.165) is 37.9 Å².